The van der Waals surface area contributed by atoms with Crippen LogP contribution in [0.4, 0.5) is 0 Å². The highest BCUT2D eigenvalue weighted by Gasteiger charge is 2.12. The van der Waals surface area contributed by atoms with Crippen molar-refractivity contribution in [1.29, 1.82) is 0 Å². The third-order valence-electron chi connectivity index (χ3n) is 4.02. The van der Waals surface area contributed by atoms with Crippen molar-refractivity contribution in [3.63, 3.8) is 0 Å². The molecule has 0 fully saturated rings. The van der Waals surface area contributed by atoms with Gasteiger partial charge in [0.05, 0.1) is 5.69 Å². The van der Waals surface area contributed by atoms with E-state index in [1.54, 1.807) is 4.68 Å². The quantitative estimate of drug-likeness (QED) is 0.772. The molecule has 0 bridgehead atoms. The lowest BCUT2D eigenvalue weighted by atomic mass is 10.0. The van der Waals surface area contributed by atoms with Gasteiger partial charge in [-0.15, -0.1) is 0 Å². The molecule has 0 aliphatic rings. The number of primary amides is 1. The number of hydrogen-bond acceptors (Lipinski definition) is 3. The molecule has 1 aromatic carbocycles. The lowest BCUT2D eigenvalue weighted by Crippen LogP contribution is -2.24. The van der Waals surface area contributed by atoms with Crippen molar-refractivity contribution in [3.8, 4) is 11.1 Å². The molecule has 0 aliphatic carbocycles. The number of aromatic nitrogens is 2. The summed E-state index contributed by atoms with van der Waals surface area (Å²) < 4.78 is 1.65. The summed E-state index contributed by atoms with van der Waals surface area (Å²) in [5.74, 6) is -0.373. The van der Waals surface area contributed by atoms with Crippen LogP contribution in [0.1, 0.15) is 26.0 Å². The summed E-state index contributed by atoms with van der Waals surface area (Å²) in [6.07, 6.45) is 3.87. The molecule has 1 amide bonds. The third kappa shape index (κ3) is 4.93. The smallest absolute Gasteiger partial charge is 0.239 e. The third-order valence-corrected chi connectivity index (χ3v) is 4.02. The first kappa shape index (κ1) is 17.2. The molecule has 124 valence electrons. The van der Waals surface area contributed by atoms with Crippen molar-refractivity contribution in [2.24, 2.45) is 5.73 Å². The van der Waals surface area contributed by atoms with Crippen molar-refractivity contribution in [2.75, 3.05) is 19.6 Å². The molecule has 0 saturated heterocycles. The summed E-state index contributed by atoms with van der Waals surface area (Å²) in [7, 11) is 0. The van der Waals surface area contributed by atoms with E-state index in [0.717, 1.165) is 49.3 Å². The van der Waals surface area contributed by atoms with E-state index in [-0.39, 0.29) is 12.5 Å². The fourth-order valence-electron chi connectivity index (χ4n) is 2.76. The first-order valence-electron chi connectivity index (χ1n) is 8.26. The van der Waals surface area contributed by atoms with E-state index < -0.39 is 0 Å². The molecule has 0 atom stereocenters. The number of nitrogens with two attached hydrogens (primary N) is 1. The van der Waals surface area contributed by atoms with Gasteiger partial charge in [0, 0.05) is 11.8 Å². The molecule has 23 heavy (non-hydrogen) atoms. The van der Waals surface area contributed by atoms with Gasteiger partial charge in [0.2, 0.25) is 5.91 Å². The number of rotatable bonds is 9. The Morgan fingerprint density at radius 1 is 1.22 bits per heavy atom. The predicted molar refractivity (Wildman–Crippen MR) is 93.0 cm³/mol. The molecule has 0 unspecified atom stereocenters. The van der Waals surface area contributed by atoms with Crippen molar-refractivity contribution in [1.82, 2.24) is 14.7 Å². The molecule has 5 nitrogen and oxygen atoms in total. The van der Waals surface area contributed by atoms with Crippen LogP contribution in [0.5, 0.6) is 0 Å². The van der Waals surface area contributed by atoms with E-state index in [2.05, 4.69) is 36.0 Å². The Balaban J connectivity index is 2.15. The second kappa shape index (κ2) is 8.48. The standard InChI is InChI=1S/C18H26N4O/c1-3-21(4-2)12-8-11-17-16(15-9-6-5-7-10-15)13-22(20-17)14-18(19)23/h5-7,9-10,13H,3-4,8,11-12,14H2,1-2H3,(H2,19,23). The van der Waals surface area contributed by atoms with Crippen LogP contribution in [0.15, 0.2) is 36.5 Å². The maximum atomic E-state index is 11.2. The first-order chi connectivity index (χ1) is 11.1. The van der Waals surface area contributed by atoms with E-state index in [1.165, 1.54) is 0 Å². The summed E-state index contributed by atoms with van der Waals surface area (Å²) in [6, 6.07) is 10.2. The van der Waals surface area contributed by atoms with Crippen LogP contribution in [0, 0.1) is 0 Å². The van der Waals surface area contributed by atoms with Crippen LogP contribution < -0.4 is 5.73 Å². The monoisotopic (exact) mass is 314 g/mol. The Morgan fingerprint density at radius 3 is 2.52 bits per heavy atom. The lowest BCUT2D eigenvalue weighted by molar-refractivity contribution is -0.118. The second-order valence-electron chi connectivity index (χ2n) is 5.65. The fraction of sp³-hybridized carbons (Fsp3) is 0.444. The van der Waals surface area contributed by atoms with Gasteiger partial charge >= 0.3 is 0 Å². The van der Waals surface area contributed by atoms with Crippen molar-refractivity contribution < 1.29 is 4.79 Å². The zero-order chi connectivity index (χ0) is 16.7. The normalized spacial score (nSPS) is 11.1. The highest BCUT2D eigenvalue weighted by Crippen LogP contribution is 2.23. The van der Waals surface area contributed by atoms with E-state index >= 15 is 0 Å². The number of nitrogens with zero attached hydrogens (tertiary/aromatic N) is 3. The van der Waals surface area contributed by atoms with Gasteiger partial charge in [0.15, 0.2) is 0 Å². The molecule has 1 heterocycles. The molecule has 0 aliphatic heterocycles. The average Bonchev–Trinajstić information content (AvgIpc) is 2.94. The van der Waals surface area contributed by atoms with Gasteiger partial charge in [-0.1, -0.05) is 44.2 Å². The van der Waals surface area contributed by atoms with Gasteiger partial charge in [0.25, 0.3) is 0 Å². The molecule has 2 rings (SSSR count). The molecular weight excluding hydrogens is 288 g/mol. The van der Waals surface area contributed by atoms with Crippen LogP contribution in [-0.4, -0.2) is 40.2 Å². The molecule has 0 saturated carbocycles. The topological polar surface area (TPSA) is 64.2 Å². The lowest BCUT2D eigenvalue weighted by Gasteiger charge is -2.17. The van der Waals surface area contributed by atoms with Crippen LogP contribution in [0.3, 0.4) is 0 Å². The Hall–Kier alpha value is -2.14. The van der Waals surface area contributed by atoms with Gasteiger partial charge in [0.1, 0.15) is 6.54 Å². The predicted octanol–water partition coefficient (Wildman–Crippen LogP) is 2.31. The van der Waals surface area contributed by atoms with Crippen molar-refractivity contribution in [2.45, 2.75) is 33.2 Å². The zero-order valence-corrected chi connectivity index (χ0v) is 14.0. The molecule has 2 N–H and O–H groups in total. The summed E-state index contributed by atoms with van der Waals surface area (Å²) in [5.41, 5.74) is 8.54. The SMILES string of the molecule is CCN(CC)CCCc1nn(CC(N)=O)cc1-c1ccccc1. The van der Waals surface area contributed by atoms with Gasteiger partial charge in [-0.05, 0) is 38.0 Å². The minimum absolute atomic E-state index is 0.121. The highest BCUT2D eigenvalue weighted by molar-refractivity contribution is 5.74. The minimum atomic E-state index is -0.373. The number of carbonyl (C=O) groups excluding carboxylic acids is 1. The summed E-state index contributed by atoms with van der Waals surface area (Å²) >= 11 is 0. The van der Waals surface area contributed by atoms with Gasteiger partial charge in [-0.25, -0.2) is 0 Å². The largest absolute Gasteiger partial charge is 0.368 e. The van der Waals surface area contributed by atoms with Gasteiger partial charge in [-0.2, -0.15) is 5.10 Å². The molecule has 2 aromatic rings. The number of aryl methyl sites for hydroxylation is 1. The summed E-state index contributed by atoms with van der Waals surface area (Å²) in [6.45, 7) is 7.68. The number of amides is 1. The number of benzene rings is 1. The first-order valence-corrected chi connectivity index (χ1v) is 8.26. The highest BCUT2D eigenvalue weighted by atomic mass is 16.1. The van der Waals surface area contributed by atoms with Crippen LogP contribution in [-0.2, 0) is 17.8 Å². The van der Waals surface area contributed by atoms with Gasteiger partial charge < -0.3 is 10.6 Å². The Labute approximate surface area is 138 Å². The van der Waals surface area contributed by atoms with Crippen molar-refractivity contribution >= 4 is 5.91 Å². The fourth-order valence-corrected chi connectivity index (χ4v) is 2.76. The molecule has 5 heteroatoms. The molecule has 1 aromatic heterocycles. The van der Waals surface area contributed by atoms with Gasteiger partial charge in [-0.3, -0.25) is 9.48 Å². The van der Waals surface area contributed by atoms with E-state index in [0.29, 0.717) is 0 Å². The molecule has 0 radical (unpaired) electrons. The summed E-state index contributed by atoms with van der Waals surface area (Å²) in [4.78, 5) is 13.6. The Morgan fingerprint density at radius 2 is 1.91 bits per heavy atom. The van der Waals surface area contributed by atoms with E-state index in [4.69, 9.17) is 5.73 Å². The summed E-state index contributed by atoms with van der Waals surface area (Å²) in [5, 5.41) is 4.57. The van der Waals surface area contributed by atoms with E-state index in [9.17, 15) is 4.79 Å². The minimum Gasteiger partial charge on any atom is -0.368 e. The molecular formula is C18H26N4O. The van der Waals surface area contributed by atoms with Crippen LogP contribution >= 0.6 is 0 Å². The Bertz CT molecular complexity index is 617. The number of hydrogen-bond donors (Lipinski definition) is 1. The number of carbonyl (C=O) groups is 1. The maximum absolute atomic E-state index is 11.2. The average molecular weight is 314 g/mol. The maximum Gasteiger partial charge on any atom is 0.239 e. The molecule has 0 spiro atoms. The van der Waals surface area contributed by atoms with Crippen molar-refractivity contribution in [3.05, 3.63) is 42.2 Å². The zero-order valence-electron chi connectivity index (χ0n) is 14.0. The van der Waals surface area contributed by atoms with Crippen LogP contribution in [0.25, 0.3) is 11.1 Å². The Kier molecular flexibility index (Phi) is 6.35. The second-order valence-corrected chi connectivity index (χ2v) is 5.65. The van der Waals surface area contributed by atoms with E-state index in [1.807, 2.05) is 24.4 Å². The van der Waals surface area contributed by atoms with Crippen LogP contribution in [0.2, 0.25) is 0 Å².